The summed E-state index contributed by atoms with van der Waals surface area (Å²) in [7, 11) is 0. The molecule has 1 aliphatic rings. The van der Waals surface area contributed by atoms with Gasteiger partial charge in [0.2, 0.25) is 11.8 Å². The Morgan fingerprint density at radius 2 is 2.08 bits per heavy atom. The molecule has 3 aromatic heterocycles. The van der Waals surface area contributed by atoms with Crippen LogP contribution < -0.4 is 11.1 Å². The van der Waals surface area contributed by atoms with Crippen LogP contribution in [-0.2, 0) is 27.2 Å². The average molecular weight is 496 g/mol. The molecule has 5 rings (SSSR count). The number of nitrogens with zero attached hydrogens (tertiary/aromatic N) is 8. The lowest BCUT2D eigenvalue weighted by molar-refractivity contribution is -0.142. The first-order chi connectivity index (χ1) is 17.5. The minimum atomic E-state index is -1.27. The molecule has 0 aliphatic carbocycles. The Hall–Kier alpha value is -4.37. The quantitative estimate of drug-likeness (QED) is 0.225. The summed E-state index contributed by atoms with van der Waals surface area (Å²) in [6.45, 7) is 3.07. The molecule has 15 nitrogen and oxygen atoms in total. The molecule has 0 saturated carbocycles. The summed E-state index contributed by atoms with van der Waals surface area (Å²) in [5.41, 5.74) is 7.77. The lowest BCUT2D eigenvalue weighted by Crippen LogP contribution is -2.32. The third-order valence-corrected chi connectivity index (χ3v) is 5.79. The van der Waals surface area contributed by atoms with Gasteiger partial charge in [0.1, 0.15) is 17.4 Å². The zero-order valence-electron chi connectivity index (χ0n) is 19.2. The topological polar surface area (TPSA) is 201 Å². The maximum Gasteiger partial charge on any atom is 0.293 e. The fraction of sp³-hybridized carbons (Fsp3) is 0.381. The van der Waals surface area contributed by atoms with Gasteiger partial charge in [-0.25, -0.2) is 4.98 Å². The normalized spacial score (nSPS) is 21.6. The standard InChI is InChI=1S/C21H24N10O5/c1-2-31-28-18(27-29-31)15-14(34)16(35-10-32)20(36-15)30-9-24-13-17(22)25-21(26-19(13)30)23-8-7-11-3-5-12(33)6-4-11/h3-6,9-10,14-16,20,33-34H,2,7-8H2,1H3,(H3,22,23,25,26)/t14-,15+,16-,20-/m1/s1. The summed E-state index contributed by atoms with van der Waals surface area (Å²) in [6, 6.07) is 6.89. The maximum atomic E-state index is 11.2. The Morgan fingerprint density at radius 3 is 2.81 bits per heavy atom. The van der Waals surface area contributed by atoms with Crippen molar-refractivity contribution < 1.29 is 24.5 Å². The van der Waals surface area contributed by atoms with Crippen molar-refractivity contribution in [2.24, 2.45) is 0 Å². The van der Waals surface area contributed by atoms with E-state index in [1.807, 2.05) is 19.1 Å². The number of anilines is 2. The van der Waals surface area contributed by atoms with Crippen molar-refractivity contribution in [2.75, 3.05) is 17.6 Å². The van der Waals surface area contributed by atoms with Crippen molar-refractivity contribution in [3.63, 3.8) is 0 Å². The Balaban J connectivity index is 1.41. The number of tetrazole rings is 1. The molecular formula is C21H24N10O5. The lowest BCUT2D eigenvalue weighted by Gasteiger charge is -2.19. The van der Waals surface area contributed by atoms with Crippen LogP contribution in [0, 0.1) is 0 Å². The highest BCUT2D eigenvalue weighted by molar-refractivity contribution is 5.83. The molecule has 4 atom stereocenters. The first-order valence-electron chi connectivity index (χ1n) is 11.2. The van der Waals surface area contributed by atoms with E-state index < -0.39 is 24.5 Å². The number of ether oxygens (including phenoxy) is 2. The number of aromatic hydroxyl groups is 1. The summed E-state index contributed by atoms with van der Waals surface area (Å²) in [5, 5.41) is 35.4. The number of phenols is 1. The van der Waals surface area contributed by atoms with E-state index in [0.29, 0.717) is 30.7 Å². The zero-order valence-corrected chi connectivity index (χ0v) is 19.2. The fourth-order valence-electron chi connectivity index (χ4n) is 3.99. The molecular weight excluding hydrogens is 472 g/mol. The van der Waals surface area contributed by atoms with Gasteiger partial charge in [0.05, 0.1) is 12.9 Å². The fourth-order valence-corrected chi connectivity index (χ4v) is 3.99. The molecule has 1 fully saturated rings. The highest BCUT2D eigenvalue weighted by atomic mass is 16.6. The molecule has 0 spiro atoms. The molecule has 36 heavy (non-hydrogen) atoms. The smallest absolute Gasteiger partial charge is 0.293 e. The van der Waals surface area contributed by atoms with E-state index in [1.54, 1.807) is 12.1 Å². The number of aliphatic hydroxyl groups is 1. The van der Waals surface area contributed by atoms with Crippen LogP contribution in [-0.4, -0.2) is 75.2 Å². The number of nitrogens with two attached hydrogens (primary N) is 1. The van der Waals surface area contributed by atoms with Crippen LogP contribution >= 0.6 is 0 Å². The van der Waals surface area contributed by atoms with Crippen molar-refractivity contribution in [1.29, 1.82) is 0 Å². The molecule has 0 unspecified atom stereocenters. The number of fused-ring (bicyclic) bond motifs is 1. The number of hydrogen-bond donors (Lipinski definition) is 4. The molecule has 0 amide bonds. The van der Waals surface area contributed by atoms with Crippen molar-refractivity contribution in [1.82, 2.24) is 39.7 Å². The summed E-state index contributed by atoms with van der Waals surface area (Å²) < 4.78 is 12.7. The van der Waals surface area contributed by atoms with Gasteiger partial charge in [0.15, 0.2) is 29.9 Å². The molecule has 1 saturated heterocycles. The number of benzene rings is 1. The van der Waals surface area contributed by atoms with Crippen molar-refractivity contribution in [3.05, 3.63) is 42.0 Å². The number of rotatable bonds is 9. The van der Waals surface area contributed by atoms with E-state index in [0.717, 1.165) is 5.56 Å². The number of aromatic nitrogens is 8. The van der Waals surface area contributed by atoms with Crippen LogP contribution in [0.3, 0.4) is 0 Å². The Bertz CT molecular complexity index is 1360. The van der Waals surface area contributed by atoms with Gasteiger partial charge in [-0.1, -0.05) is 12.1 Å². The molecule has 1 aliphatic heterocycles. The first-order valence-corrected chi connectivity index (χ1v) is 11.2. The number of phenolic OH excluding ortho intramolecular Hbond substituents is 1. The van der Waals surface area contributed by atoms with Gasteiger partial charge in [-0.3, -0.25) is 9.36 Å². The molecule has 4 aromatic rings. The second-order valence-electron chi connectivity index (χ2n) is 8.07. The molecule has 0 bridgehead atoms. The average Bonchev–Trinajstić information content (AvgIpc) is 3.59. The molecule has 0 radical (unpaired) electrons. The summed E-state index contributed by atoms with van der Waals surface area (Å²) >= 11 is 0. The summed E-state index contributed by atoms with van der Waals surface area (Å²) in [6.07, 6.45) is -2.28. The first kappa shape index (κ1) is 23.4. The van der Waals surface area contributed by atoms with Crippen LogP contribution in [0.5, 0.6) is 5.75 Å². The number of imidazole rings is 1. The van der Waals surface area contributed by atoms with E-state index >= 15 is 0 Å². The predicted molar refractivity (Wildman–Crippen MR) is 123 cm³/mol. The van der Waals surface area contributed by atoms with Crippen molar-refractivity contribution in [2.45, 2.75) is 44.4 Å². The summed E-state index contributed by atoms with van der Waals surface area (Å²) in [4.78, 5) is 25.6. The Morgan fingerprint density at radius 1 is 1.28 bits per heavy atom. The Kier molecular flexibility index (Phi) is 6.30. The molecule has 5 N–H and O–H groups in total. The lowest BCUT2D eigenvalue weighted by atomic mass is 10.1. The van der Waals surface area contributed by atoms with E-state index in [-0.39, 0.29) is 29.8 Å². The predicted octanol–water partition coefficient (Wildman–Crippen LogP) is -0.0523. The zero-order chi connectivity index (χ0) is 25.2. The van der Waals surface area contributed by atoms with Crippen LogP contribution in [0.2, 0.25) is 0 Å². The van der Waals surface area contributed by atoms with Gasteiger partial charge < -0.3 is 30.7 Å². The third kappa shape index (κ3) is 4.36. The van der Waals surface area contributed by atoms with Gasteiger partial charge >= 0.3 is 0 Å². The van der Waals surface area contributed by atoms with Crippen molar-refractivity contribution in [3.8, 4) is 5.75 Å². The number of hydrogen-bond acceptors (Lipinski definition) is 13. The van der Waals surface area contributed by atoms with Crippen LogP contribution in [0.1, 0.15) is 30.6 Å². The van der Waals surface area contributed by atoms with Gasteiger partial charge in [-0.15, -0.1) is 10.2 Å². The van der Waals surface area contributed by atoms with E-state index in [2.05, 4.69) is 35.7 Å². The second-order valence-corrected chi connectivity index (χ2v) is 8.07. The molecule has 4 heterocycles. The number of nitrogen functional groups attached to an aromatic ring is 1. The number of aliphatic hydroxyl groups excluding tert-OH is 1. The monoisotopic (exact) mass is 496 g/mol. The van der Waals surface area contributed by atoms with Gasteiger partial charge in [-0.05, 0) is 36.3 Å². The number of aryl methyl sites for hydroxylation is 1. The van der Waals surface area contributed by atoms with Gasteiger partial charge in [0, 0.05) is 6.54 Å². The second kappa shape index (κ2) is 9.71. The number of nitrogens with one attached hydrogen (secondary N) is 1. The van der Waals surface area contributed by atoms with Crippen LogP contribution in [0.15, 0.2) is 30.6 Å². The van der Waals surface area contributed by atoms with Crippen LogP contribution in [0.25, 0.3) is 11.2 Å². The Labute approximate surface area is 203 Å². The largest absolute Gasteiger partial charge is 0.508 e. The summed E-state index contributed by atoms with van der Waals surface area (Å²) in [5.74, 6) is 0.754. The molecule has 188 valence electrons. The SMILES string of the molecule is CCn1nnc([C@H]2O[C@@H](n3cnc4c(N)nc(NCCc5ccc(O)cc5)nc43)[C@H](OC=O)[C@@H]2O)n1. The number of carbonyl (C=O) groups is 1. The highest BCUT2D eigenvalue weighted by Gasteiger charge is 2.49. The molecule has 1 aromatic carbocycles. The van der Waals surface area contributed by atoms with E-state index in [1.165, 1.54) is 15.7 Å². The minimum Gasteiger partial charge on any atom is -0.508 e. The molecule has 15 heteroatoms. The van der Waals surface area contributed by atoms with Gasteiger partial charge in [-0.2, -0.15) is 14.8 Å². The van der Waals surface area contributed by atoms with Crippen molar-refractivity contribution >= 4 is 29.4 Å². The minimum absolute atomic E-state index is 0.140. The highest BCUT2D eigenvalue weighted by Crippen LogP contribution is 2.40. The van der Waals surface area contributed by atoms with Crippen LogP contribution in [0.4, 0.5) is 11.8 Å². The maximum absolute atomic E-state index is 11.2. The van der Waals surface area contributed by atoms with E-state index in [9.17, 15) is 15.0 Å². The number of carbonyl (C=O) groups excluding carboxylic acids is 1. The van der Waals surface area contributed by atoms with Gasteiger partial charge in [0.25, 0.3) is 6.47 Å². The van der Waals surface area contributed by atoms with E-state index in [4.69, 9.17) is 15.2 Å². The third-order valence-electron chi connectivity index (χ3n) is 5.79.